The zero-order valence-electron chi connectivity index (χ0n) is 19.7. The maximum absolute atomic E-state index is 14.8. The molecule has 32 heavy (non-hydrogen) atoms. The van der Waals surface area contributed by atoms with Gasteiger partial charge in [-0.15, -0.1) is 0 Å². The van der Waals surface area contributed by atoms with Gasteiger partial charge in [0.1, 0.15) is 17.5 Å². The SMILES string of the molecule is CC(C)(C)OC(=O)Nc1ccn([C@@H]2O[C@H](CO[Si](C)(C)C(C)(C)C)[C@@H](O)C2(F)F)c(=O)n1. The molecule has 9 nitrogen and oxygen atoms in total. The Morgan fingerprint density at radius 1 is 1.31 bits per heavy atom. The van der Waals surface area contributed by atoms with Crippen LogP contribution in [0.3, 0.4) is 0 Å². The van der Waals surface area contributed by atoms with Gasteiger partial charge in [0.15, 0.2) is 14.4 Å². The van der Waals surface area contributed by atoms with Crippen molar-refractivity contribution in [3.63, 3.8) is 0 Å². The normalized spacial score (nSPS) is 23.8. The van der Waals surface area contributed by atoms with E-state index in [0.717, 1.165) is 12.3 Å². The second-order valence-electron chi connectivity index (χ2n) is 10.3. The topological polar surface area (TPSA) is 112 Å². The molecule has 1 amide bonds. The van der Waals surface area contributed by atoms with Crippen molar-refractivity contribution in [1.29, 1.82) is 0 Å². The van der Waals surface area contributed by atoms with E-state index >= 15 is 0 Å². The molecular formula is C20H33F2N3O6Si. The molecule has 0 saturated carbocycles. The van der Waals surface area contributed by atoms with Crippen LogP contribution in [0.1, 0.15) is 47.8 Å². The van der Waals surface area contributed by atoms with Gasteiger partial charge in [0, 0.05) is 6.20 Å². The lowest BCUT2D eigenvalue weighted by atomic mass is 10.1. The second kappa shape index (κ2) is 8.80. The van der Waals surface area contributed by atoms with Crippen LogP contribution in [0.5, 0.6) is 0 Å². The van der Waals surface area contributed by atoms with Gasteiger partial charge in [0.25, 0.3) is 0 Å². The van der Waals surface area contributed by atoms with Gasteiger partial charge in [-0.05, 0) is 45.0 Å². The fraction of sp³-hybridized carbons (Fsp3) is 0.750. The van der Waals surface area contributed by atoms with Crippen LogP contribution in [-0.4, -0.2) is 59.4 Å². The van der Waals surface area contributed by atoms with Crippen molar-refractivity contribution in [2.75, 3.05) is 11.9 Å². The van der Waals surface area contributed by atoms with Crippen molar-refractivity contribution in [3.05, 3.63) is 22.7 Å². The smallest absolute Gasteiger partial charge is 0.413 e. The number of aliphatic hydroxyl groups is 1. The summed E-state index contributed by atoms with van der Waals surface area (Å²) in [7, 11) is -2.27. The monoisotopic (exact) mass is 477 g/mol. The van der Waals surface area contributed by atoms with Gasteiger partial charge in [0.05, 0.1) is 6.61 Å². The Hall–Kier alpha value is -1.89. The number of carbonyl (C=O) groups excluding carboxylic acids is 1. The van der Waals surface area contributed by atoms with E-state index in [-0.39, 0.29) is 17.5 Å². The Kier molecular flexibility index (Phi) is 7.25. The van der Waals surface area contributed by atoms with Crippen molar-refractivity contribution in [3.8, 4) is 0 Å². The van der Waals surface area contributed by atoms with Gasteiger partial charge >= 0.3 is 17.7 Å². The molecule has 2 heterocycles. The average molecular weight is 478 g/mol. The predicted molar refractivity (Wildman–Crippen MR) is 116 cm³/mol. The van der Waals surface area contributed by atoms with E-state index in [1.165, 1.54) is 0 Å². The summed E-state index contributed by atoms with van der Waals surface area (Å²) in [5.74, 6) is -3.92. The Morgan fingerprint density at radius 2 is 1.91 bits per heavy atom. The largest absolute Gasteiger partial charge is 0.444 e. The Labute approximate surface area is 187 Å². The number of amides is 1. The van der Waals surface area contributed by atoms with E-state index in [1.54, 1.807) is 20.8 Å². The van der Waals surface area contributed by atoms with Crippen LogP contribution in [0.15, 0.2) is 17.1 Å². The summed E-state index contributed by atoms with van der Waals surface area (Å²) in [5.41, 5.74) is -1.85. The number of carbonyl (C=O) groups is 1. The lowest BCUT2D eigenvalue weighted by Crippen LogP contribution is -2.45. The third kappa shape index (κ3) is 5.91. The molecule has 0 bridgehead atoms. The molecule has 0 aliphatic carbocycles. The molecular weight excluding hydrogens is 444 g/mol. The summed E-state index contributed by atoms with van der Waals surface area (Å²) < 4.78 is 46.5. The molecule has 1 aliphatic rings. The first-order chi connectivity index (χ1) is 14.3. The molecule has 3 atom stereocenters. The van der Waals surface area contributed by atoms with Crippen LogP contribution in [0, 0.1) is 0 Å². The van der Waals surface area contributed by atoms with E-state index < -0.39 is 50.1 Å². The van der Waals surface area contributed by atoms with Crippen molar-refractivity contribution < 1.29 is 32.6 Å². The minimum atomic E-state index is -3.76. The summed E-state index contributed by atoms with van der Waals surface area (Å²) in [6, 6.07) is 1.16. The zero-order chi connectivity index (χ0) is 24.7. The van der Waals surface area contributed by atoms with Gasteiger partial charge in [-0.2, -0.15) is 13.8 Å². The highest BCUT2D eigenvalue weighted by atomic mass is 28.4. The summed E-state index contributed by atoms with van der Waals surface area (Å²) in [5, 5.41) is 12.3. The first-order valence-electron chi connectivity index (χ1n) is 10.3. The maximum atomic E-state index is 14.8. The molecule has 0 unspecified atom stereocenters. The Bertz CT molecular complexity index is 895. The molecule has 1 aromatic rings. The molecule has 1 saturated heterocycles. The summed E-state index contributed by atoms with van der Waals surface area (Å²) in [4.78, 5) is 27.8. The average Bonchev–Trinajstić information content (AvgIpc) is 2.81. The van der Waals surface area contributed by atoms with E-state index in [1.807, 2.05) is 33.9 Å². The number of aromatic nitrogens is 2. The number of ether oxygens (including phenoxy) is 2. The van der Waals surface area contributed by atoms with Crippen LogP contribution >= 0.6 is 0 Å². The highest BCUT2D eigenvalue weighted by molar-refractivity contribution is 6.74. The summed E-state index contributed by atoms with van der Waals surface area (Å²) in [6.45, 7) is 14.7. The molecule has 0 spiro atoms. The molecule has 182 valence electrons. The molecule has 0 aromatic carbocycles. The number of nitrogens with one attached hydrogen (secondary N) is 1. The van der Waals surface area contributed by atoms with Crippen LogP contribution < -0.4 is 11.0 Å². The molecule has 12 heteroatoms. The number of halogens is 2. The fourth-order valence-electron chi connectivity index (χ4n) is 2.68. The first kappa shape index (κ1) is 26.4. The highest BCUT2D eigenvalue weighted by Gasteiger charge is 2.60. The Balaban J connectivity index is 2.17. The standard InChI is InChI=1S/C20H33F2N3O6Si/c1-18(2,3)31-17(28)24-13-9-10-25(16(27)23-13)15-20(21,22)14(26)12(30-15)11-29-32(7,8)19(4,5)6/h9-10,12,14-15,26H,11H2,1-8H3,(H,23,24,27,28)/t12-,14-,15-/m1/s1. The predicted octanol–water partition coefficient (Wildman–Crippen LogP) is 3.51. The number of hydrogen-bond donors (Lipinski definition) is 2. The minimum Gasteiger partial charge on any atom is -0.444 e. The lowest BCUT2D eigenvalue weighted by Gasteiger charge is -2.37. The van der Waals surface area contributed by atoms with E-state index in [2.05, 4.69) is 10.3 Å². The minimum absolute atomic E-state index is 0.156. The van der Waals surface area contributed by atoms with Gasteiger partial charge in [-0.3, -0.25) is 9.88 Å². The van der Waals surface area contributed by atoms with Crippen LogP contribution in [0.25, 0.3) is 0 Å². The van der Waals surface area contributed by atoms with Crippen molar-refractivity contribution in [2.24, 2.45) is 0 Å². The maximum Gasteiger partial charge on any atom is 0.413 e. The van der Waals surface area contributed by atoms with Crippen LogP contribution in [-0.2, 0) is 13.9 Å². The van der Waals surface area contributed by atoms with Gasteiger partial charge in [-0.25, -0.2) is 9.59 Å². The fourth-order valence-corrected chi connectivity index (χ4v) is 3.70. The molecule has 2 N–H and O–H groups in total. The number of nitrogens with zero attached hydrogens (tertiary/aromatic N) is 2. The number of alkyl halides is 2. The number of anilines is 1. The molecule has 1 aliphatic heterocycles. The molecule has 1 fully saturated rings. The van der Waals surface area contributed by atoms with E-state index in [9.17, 15) is 23.5 Å². The van der Waals surface area contributed by atoms with Gasteiger partial charge < -0.3 is 19.0 Å². The van der Waals surface area contributed by atoms with Gasteiger partial charge in [-0.1, -0.05) is 20.8 Å². The zero-order valence-corrected chi connectivity index (χ0v) is 20.7. The lowest BCUT2D eigenvalue weighted by molar-refractivity contribution is -0.140. The highest BCUT2D eigenvalue weighted by Crippen LogP contribution is 2.43. The third-order valence-electron chi connectivity index (χ3n) is 5.51. The van der Waals surface area contributed by atoms with Gasteiger partial charge in [0.2, 0.25) is 6.23 Å². The summed E-state index contributed by atoms with van der Waals surface area (Å²) in [6.07, 6.45) is -5.38. The second-order valence-corrected chi connectivity index (χ2v) is 15.2. The van der Waals surface area contributed by atoms with Crippen molar-refractivity contribution in [2.45, 2.75) is 89.6 Å². The van der Waals surface area contributed by atoms with Crippen molar-refractivity contribution in [1.82, 2.24) is 9.55 Å². The number of rotatable bonds is 5. The van der Waals surface area contributed by atoms with E-state index in [4.69, 9.17) is 13.9 Å². The molecule has 0 radical (unpaired) electrons. The number of aliphatic hydroxyl groups excluding tert-OH is 1. The van der Waals surface area contributed by atoms with E-state index in [0.29, 0.717) is 4.57 Å². The van der Waals surface area contributed by atoms with Crippen LogP contribution in [0.4, 0.5) is 19.4 Å². The third-order valence-corrected chi connectivity index (χ3v) is 10.0. The Morgan fingerprint density at radius 3 is 2.41 bits per heavy atom. The first-order valence-corrected chi connectivity index (χ1v) is 13.2. The van der Waals surface area contributed by atoms with Crippen LogP contribution in [0.2, 0.25) is 18.1 Å². The number of hydrogen-bond acceptors (Lipinski definition) is 7. The quantitative estimate of drug-likeness (QED) is 0.624. The molecule has 1 aromatic heterocycles. The summed E-state index contributed by atoms with van der Waals surface area (Å²) >= 11 is 0. The molecule has 2 rings (SSSR count). The van der Waals surface area contributed by atoms with Crippen molar-refractivity contribution >= 4 is 20.2 Å².